The summed E-state index contributed by atoms with van der Waals surface area (Å²) in [5.41, 5.74) is 19.0. The topological polar surface area (TPSA) is 315 Å². The highest BCUT2D eigenvalue weighted by Gasteiger charge is 2.43. The van der Waals surface area contributed by atoms with Gasteiger partial charge in [0.15, 0.2) is 0 Å². The SMILES string of the molecule is CC(N)C(=O)O.NC(Cc1ccc(O)cc1)C(=O)O.NC1CCC(=O)OC(N)(C(=O)O)CC(=O)OOC1=O. The Morgan fingerprint density at radius 1 is 1.00 bits per heavy atom. The minimum Gasteiger partial charge on any atom is -0.508 e. The van der Waals surface area contributed by atoms with E-state index in [4.69, 9.17) is 43.4 Å². The quantitative estimate of drug-likeness (QED) is 0.140. The molecule has 12 N–H and O–H groups in total. The zero-order valence-electron chi connectivity index (χ0n) is 20.1. The van der Waals surface area contributed by atoms with Gasteiger partial charge >= 0.3 is 35.8 Å². The fourth-order valence-corrected chi connectivity index (χ4v) is 2.17. The van der Waals surface area contributed by atoms with E-state index >= 15 is 0 Å². The Morgan fingerprint density at radius 3 is 1.97 bits per heavy atom. The van der Waals surface area contributed by atoms with Crippen LogP contribution in [0.4, 0.5) is 0 Å². The molecule has 0 aromatic heterocycles. The van der Waals surface area contributed by atoms with Crippen molar-refractivity contribution in [2.75, 3.05) is 0 Å². The Hall–Kier alpha value is -4.32. The molecule has 2 rings (SSSR count). The molecule has 17 nitrogen and oxygen atoms in total. The second-order valence-corrected chi connectivity index (χ2v) is 7.79. The van der Waals surface area contributed by atoms with E-state index in [0.717, 1.165) is 5.56 Å². The first kappa shape index (κ1) is 33.7. The number of rotatable bonds is 5. The van der Waals surface area contributed by atoms with Crippen molar-refractivity contribution in [2.24, 2.45) is 22.9 Å². The molecule has 1 aromatic rings. The fourth-order valence-electron chi connectivity index (χ4n) is 2.17. The minimum atomic E-state index is -2.59. The second-order valence-electron chi connectivity index (χ2n) is 7.79. The molecule has 1 saturated heterocycles. The number of aromatic hydroxyl groups is 1. The van der Waals surface area contributed by atoms with Crippen LogP contribution in [0.3, 0.4) is 0 Å². The van der Waals surface area contributed by atoms with Gasteiger partial charge in [-0.2, -0.15) is 0 Å². The molecule has 212 valence electrons. The number of phenolic OH excluding ortho intramolecular Hbond substituents is 1. The first-order valence-electron chi connectivity index (χ1n) is 10.6. The van der Waals surface area contributed by atoms with E-state index in [2.05, 4.69) is 14.5 Å². The normalized spacial score (nSPS) is 21.2. The lowest BCUT2D eigenvalue weighted by molar-refractivity contribution is -0.262. The van der Waals surface area contributed by atoms with Gasteiger partial charge in [-0.1, -0.05) is 12.1 Å². The maximum atomic E-state index is 11.4. The molecule has 0 spiro atoms. The largest absolute Gasteiger partial charge is 0.508 e. The van der Waals surface area contributed by atoms with Crippen molar-refractivity contribution in [3.05, 3.63) is 29.8 Å². The summed E-state index contributed by atoms with van der Waals surface area (Å²) >= 11 is 0. The maximum absolute atomic E-state index is 11.4. The summed E-state index contributed by atoms with van der Waals surface area (Å²) in [5.74, 6) is -6.94. The molecule has 0 aliphatic carbocycles. The van der Waals surface area contributed by atoms with Crippen molar-refractivity contribution in [3.8, 4) is 5.75 Å². The summed E-state index contributed by atoms with van der Waals surface area (Å²) in [4.78, 5) is 72.7. The van der Waals surface area contributed by atoms with Crippen molar-refractivity contribution in [1.82, 2.24) is 0 Å². The van der Waals surface area contributed by atoms with Gasteiger partial charge in [0.25, 0.3) is 5.72 Å². The molecular weight excluding hydrogens is 516 g/mol. The van der Waals surface area contributed by atoms with Gasteiger partial charge in [-0.15, -0.1) is 0 Å². The number of nitrogens with two attached hydrogens (primary N) is 4. The first-order chi connectivity index (χ1) is 17.5. The number of carboxylic acids is 3. The fraction of sp³-hybridized carbons (Fsp3) is 0.429. The van der Waals surface area contributed by atoms with Gasteiger partial charge in [-0.3, -0.25) is 20.1 Å². The van der Waals surface area contributed by atoms with Gasteiger partial charge in [0.1, 0.15) is 30.3 Å². The van der Waals surface area contributed by atoms with E-state index in [0.29, 0.717) is 0 Å². The number of carbonyl (C=O) groups is 6. The summed E-state index contributed by atoms with van der Waals surface area (Å²) < 4.78 is 4.50. The zero-order chi connectivity index (χ0) is 29.6. The van der Waals surface area contributed by atoms with Crippen molar-refractivity contribution in [2.45, 2.75) is 56.5 Å². The highest BCUT2D eigenvalue weighted by atomic mass is 17.2. The van der Waals surface area contributed by atoms with Gasteiger partial charge in [0, 0.05) is 6.42 Å². The molecule has 0 amide bonds. The molecule has 38 heavy (non-hydrogen) atoms. The van der Waals surface area contributed by atoms with E-state index in [1.54, 1.807) is 12.1 Å². The van der Waals surface area contributed by atoms with Gasteiger partial charge in [-0.25, -0.2) is 24.2 Å². The van der Waals surface area contributed by atoms with Crippen LogP contribution in [0.5, 0.6) is 5.75 Å². The van der Waals surface area contributed by atoms with Crippen molar-refractivity contribution in [1.29, 1.82) is 0 Å². The van der Waals surface area contributed by atoms with Crippen LogP contribution in [-0.4, -0.2) is 80.1 Å². The minimum absolute atomic E-state index is 0.160. The second kappa shape index (κ2) is 15.7. The average Bonchev–Trinajstić information content (AvgIpc) is 2.83. The van der Waals surface area contributed by atoms with E-state index in [1.165, 1.54) is 19.1 Å². The summed E-state index contributed by atoms with van der Waals surface area (Å²) in [5, 5.41) is 34.2. The van der Waals surface area contributed by atoms with Gasteiger partial charge in [0.2, 0.25) is 0 Å². The molecule has 1 heterocycles. The summed E-state index contributed by atoms with van der Waals surface area (Å²) in [6.45, 7) is 1.42. The Kier molecular flexibility index (Phi) is 13.9. The molecular formula is C21H30N4O13. The van der Waals surface area contributed by atoms with Crippen LogP contribution >= 0.6 is 0 Å². The molecule has 0 radical (unpaired) electrons. The zero-order valence-corrected chi connectivity index (χ0v) is 20.1. The van der Waals surface area contributed by atoms with Gasteiger partial charge in [0.05, 0.1) is 0 Å². The lowest BCUT2D eigenvalue weighted by atomic mass is 10.1. The molecule has 17 heteroatoms. The summed E-state index contributed by atoms with van der Waals surface area (Å²) in [6, 6.07) is 3.48. The number of hydrogen-bond donors (Lipinski definition) is 8. The molecule has 4 atom stereocenters. The molecule has 1 fully saturated rings. The molecule has 0 saturated carbocycles. The first-order valence-corrected chi connectivity index (χ1v) is 10.6. The van der Waals surface area contributed by atoms with Crippen LogP contribution < -0.4 is 22.9 Å². The van der Waals surface area contributed by atoms with Crippen molar-refractivity contribution < 1.29 is 63.7 Å². The Morgan fingerprint density at radius 2 is 1.53 bits per heavy atom. The lowest BCUT2D eigenvalue weighted by Crippen LogP contribution is -2.53. The van der Waals surface area contributed by atoms with Crippen molar-refractivity contribution in [3.63, 3.8) is 0 Å². The molecule has 0 bridgehead atoms. The molecule has 1 aromatic carbocycles. The number of phenols is 1. The third kappa shape index (κ3) is 13.1. The maximum Gasteiger partial charge on any atom is 0.372 e. The van der Waals surface area contributed by atoms with Crippen LogP contribution in [0.2, 0.25) is 0 Å². The lowest BCUT2D eigenvalue weighted by Gasteiger charge is -2.22. The molecule has 1 aliphatic heterocycles. The Labute approximate surface area is 215 Å². The van der Waals surface area contributed by atoms with Crippen LogP contribution in [0.15, 0.2) is 24.3 Å². The van der Waals surface area contributed by atoms with E-state index in [-0.39, 0.29) is 25.0 Å². The van der Waals surface area contributed by atoms with Gasteiger partial charge in [-0.05, 0) is 37.5 Å². The van der Waals surface area contributed by atoms with Crippen LogP contribution in [0.1, 0.15) is 31.7 Å². The standard InChI is InChI=1S/C9H12N2O8.C9H11NO3.C3H7NO2/c10-4-1-2-5(12)17-9(11,8(15)16)3-6(13)18-19-7(4)14;10-8(9(12)13)5-6-1-3-7(11)4-2-6;1-2(4)3(5)6/h4H,1-3,10-11H2,(H,15,16);1-4,8,11H,5,10H2,(H,12,13);2H,4H2,1H3,(H,5,6). The predicted octanol–water partition coefficient (Wildman–Crippen LogP) is -2.45. The van der Waals surface area contributed by atoms with Crippen LogP contribution in [0, 0.1) is 0 Å². The number of cyclic esters (lactones) is 1. The average molecular weight is 546 g/mol. The molecule has 1 aliphatic rings. The monoisotopic (exact) mass is 546 g/mol. The highest BCUT2D eigenvalue weighted by Crippen LogP contribution is 2.15. The summed E-state index contributed by atoms with van der Waals surface area (Å²) in [6.07, 6.45) is -1.28. The number of aliphatic carboxylic acids is 3. The number of benzene rings is 1. The van der Waals surface area contributed by atoms with Crippen LogP contribution in [-0.2, 0) is 49.7 Å². The predicted molar refractivity (Wildman–Crippen MR) is 123 cm³/mol. The Bertz CT molecular complexity index is 999. The number of esters is 1. The number of hydrogen-bond acceptors (Lipinski definition) is 14. The van der Waals surface area contributed by atoms with Gasteiger partial charge < -0.3 is 42.4 Å². The smallest absolute Gasteiger partial charge is 0.372 e. The number of carbonyl (C=O) groups excluding carboxylic acids is 3. The van der Waals surface area contributed by atoms with E-state index in [1.807, 2.05) is 0 Å². The number of carboxylic acid groups (broad SMARTS) is 3. The summed E-state index contributed by atoms with van der Waals surface area (Å²) in [7, 11) is 0. The van der Waals surface area contributed by atoms with E-state index < -0.39 is 66.1 Å². The van der Waals surface area contributed by atoms with Crippen LogP contribution in [0.25, 0.3) is 0 Å². The third-order valence-electron chi connectivity index (χ3n) is 4.34. The highest BCUT2D eigenvalue weighted by molar-refractivity contribution is 5.87. The molecule has 4 unspecified atom stereocenters. The third-order valence-corrected chi connectivity index (χ3v) is 4.34. The number of ether oxygens (including phenoxy) is 1. The van der Waals surface area contributed by atoms with Crippen molar-refractivity contribution >= 4 is 35.8 Å². The Balaban J connectivity index is 0.000000620. The van der Waals surface area contributed by atoms with E-state index in [9.17, 15) is 28.8 Å².